The minimum Gasteiger partial charge on any atom is -0.489 e. The molecule has 8 nitrogen and oxygen atoms in total. The van der Waals surface area contributed by atoms with Gasteiger partial charge in [-0.15, -0.1) is 0 Å². The first kappa shape index (κ1) is 23.3. The molecule has 1 N–H and O–H groups in total. The number of aromatic nitrogens is 2. The lowest BCUT2D eigenvalue weighted by molar-refractivity contribution is 0.306. The molecule has 0 aliphatic rings. The van der Waals surface area contributed by atoms with Crippen LogP contribution in [0.1, 0.15) is 5.56 Å². The van der Waals surface area contributed by atoms with Crippen LogP contribution in [-0.2, 0) is 13.2 Å². The lowest BCUT2D eigenvalue weighted by atomic mass is 10.1. The first-order valence-electron chi connectivity index (χ1n) is 12.8. The van der Waals surface area contributed by atoms with Crippen LogP contribution in [0.15, 0.2) is 91.2 Å². The summed E-state index contributed by atoms with van der Waals surface area (Å²) in [4.78, 5) is 32.9. The van der Waals surface area contributed by atoms with Gasteiger partial charge in [0, 0.05) is 29.4 Å². The summed E-state index contributed by atoms with van der Waals surface area (Å²) < 4.78 is 20.0. The molecule has 4 aromatic carbocycles. The van der Waals surface area contributed by atoms with E-state index in [1.807, 2.05) is 85.7 Å². The summed E-state index contributed by atoms with van der Waals surface area (Å²) in [5.41, 5.74) is 3.39. The maximum Gasteiger partial charge on any atom is 0.265 e. The van der Waals surface area contributed by atoms with E-state index in [1.165, 1.54) is 4.57 Å². The monoisotopic (exact) mass is 519 g/mol. The average Bonchev–Trinajstić information content (AvgIpc) is 3.44. The largest absolute Gasteiger partial charge is 0.489 e. The van der Waals surface area contributed by atoms with Gasteiger partial charge in [0.15, 0.2) is 22.3 Å². The van der Waals surface area contributed by atoms with Crippen LogP contribution >= 0.6 is 0 Å². The van der Waals surface area contributed by atoms with Crippen molar-refractivity contribution < 1.29 is 13.6 Å². The highest BCUT2D eigenvalue weighted by molar-refractivity contribution is 6.29. The minimum absolute atomic E-state index is 0.229. The van der Waals surface area contributed by atoms with E-state index in [-0.39, 0.29) is 28.6 Å². The molecule has 0 amide bonds. The van der Waals surface area contributed by atoms with Gasteiger partial charge in [-0.1, -0.05) is 42.5 Å². The first-order valence-corrected chi connectivity index (χ1v) is 12.8. The van der Waals surface area contributed by atoms with Crippen LogP contribution in [-0.4, -0.2) is 35.1 Å². The molecule has 3 aromatic heterocycles. The number of benzene rings is 4. The number of likely N-dealkylation sites (N-methyl/N-ethyl adjacent to an activating group) is 1. The predicted octanol–water partition coefficient (Wildman–Crippen LogP) is 5.63. The molecular formula is C31H25N3O5. The molecule has 0 atom stereocenters. The van der Waals surface area contributed by atoms with Gasteiger partial charge >= 0.3 is 0 Å². The molecule has 0 fully saturated rings. The fraction of sp³-hybridized carbons (Fsp3) is 0.161. The smallest absolute Gasteiger partial charge is 0.265 e. The number of H-pyrrole nitrogens is 1. The van der Waals surface area contributed by atoms with E-state index in [0.29, 0.717) is 51.9 Å². The highest BCUT2D eigenvalue weighted by Crippen LogP contribution is 2.39. The normalized spacial score (nSPS) is 12.1. The molecular weight excluding hydrogens is 494 g/mol. The standard InChI is InChI=1S/C31H25N3O5/c1-33(2)14-15-34-30(35)25-24-20-16-19(37-17-18-8-4-3-5-9-18)12-13-21(20)32-27(24)29-28(26(25)31(34)36)38-22-10-6-7-11-23(22)39-29/h3-13,16,32H,14-15,17H2,1-2H3. The molecule has 7 aromatic rings. The predicted molar refractivity (Wildman–Crippen MR) is 153 cm³/mol. The Morgan fingerprint density at radius 2 is 1.51 bits per heavy atom. The summed E-state index contributed by atoms with van der Waals surface area (Å²) in [5, 5.41) is 1.94. The zero-order valence-corrected chi connectivity index (χ0v) is 21.5. The Hall–Kier alpha value is -4.82. The van der Waals surface area contributed by atoms with Crippen molar-refractivity contribution in [2.45, 2.75) is 13.2 Å². The van der Waals surface area contributed by atoms with Gasteiger partial charge in [-0.25, -0.2) is 0 Å². The molecule has 8 heteroatoms. The first-order chi connectivity index (χ1) is 19.0. The molecule has 0 saturated heterocycles. The second-order valence-corrected chi connectivity index (χ2v) is 9.98. The van der Waals surface area contributed by atoms with Crippen LogP contribution in [0.4, 0.5) is 0 Å². The summed E-state index contributed by atoms with van der Waals surface area (Å²) in [6.07, 6.45) is 0. The Labute approximate surface area is 221 Å². The Balaban J connectivity index is 1.55. The summed E-state index contributed by atoms with van der Waals surface area (Å²) in [6, 6.07) is 22.9. The van der Waals surface area contributed by atoms with Crippen molar-refractivity contribution in [1.82, 2.24) is 14.5 Å². The number of para-hydroxylation sites is 2. The van der Waals surface area contributed by atoms with E-state index in [1.54, 1.807) is 6.07 Å². The van der Waals surface area contributed by atoms with Crippen LogP contribution in [0.3, 0.4) is 0 Å². The number of fused-ring (bicyclic) bond motifs is 9. The third kappa shape index (κ3) is 3.72. The maximum absolute atomic E-state index is 13.8. The van der Waals surface area contributed by atoms with Crippen LogP contribution in [0.2, 0.25) is 0 Å². The lowest BCUT2D eigenvalue weighted by Crippen LogP contribution is -2.30. The van der Waals surface area contributed by atoms with Crippen molar-refractivity contribution in [2.75, 3.05) is 20.6 Å². The number of rotatable bonds is 6. The summed E-state index contributed by atoms with van der Waals surface area (Å²) in [6.45, 7) is 1.22. The lowest BCUT2D eigenvalue weighted by Gasteiger charge is -2.08. The summed E-state index contributed by atoms with van der Waals surface area (Å²) >= 11 is 0. The average molecular weight is 520 g/mol. The Bertz CT molecular complexity index is 2150. The molecule has 0 aliphatic carbocycles. The van der Waals surface area contributed by atoms with Crippen LogP contribution in [0, 0.1) is 0 Å². The molecule has 0 radical (unpaired) electrons. The zero-order valence-electron chi connectivity index (χ0n) is 21.5. The minimum atomic E-state index is -0.385. The number of hydrogen-bond donors (Lipinski definition) is 1. The van der Waals surface area contributed by atoms with Gasteiger partial charge in [0.2, 0.25) is 0 Å². The van der Waals surface area contributed by atoms with E-state index in [0.717, 1.165) is 16.5 Å². The highest BCUT2D eigenvalue weighted by Gasteiger charge is 2.26. The molecule has 0 aliphatic heterocycles. The molecule has 0 bridgehead atoms. The fourth-order valence-corrected chi connectivity index (χ4v) is 5.21. The van der Waals surface area contributed by atoms with Crippen LogP contribution in [0.5, 0.6) is 5.75 Å². The zero-order chi connectivity index (χ0) is 26.7. The van der Waals surface area contributed by atoms with E-state index in [4.69, 9.17) is 13.6 Å². The Kier molecular flexibility index (Phi) is 5.31. The fourth-order valence-electron chi connectivity index (χ4n) is 5.21. The third-order valence-electron chi connectivity index (χ3n) is 7.14. The summed E-state index contributed by atoms with van der Waals surface area (Å²) in [5.74, 6) is 0.655. The summed E-state index contributed by atoms with van der Waals surface area (Å²) in [7, 11) is 3.81. The van der Waals surface area contributed by atoms with Crippen molar-refractivity contribution in [3.8, 4) is 5.75 Å². The van der Waals surface area contributed by atoms with E-state index < -0.39 is 0 Å². The molecule has 0 unspecified atom stereocenters. The third-order valence-corrected chi connectivity index (χ3v) is 7.14. The molecule has 0 spiro atoms. The maximum atomic E-state index is 13.8. The molecule has 194 valence electrons. The number of ether oxygens (including phenoxy) is 1. The van der Waals surface area contributed by atoms with Crippen molar-refractivity contribution in [1.29, 1.82) is 0 Å². The second-order valence-electron chi connectivity index (χ2n) is 9.98. The second kappa shape index (κ2) is 8.89. The van der Waals surface area contributed by atoms with Gasteiger partial charge in [-0.2, -0.15) is 0 Å². The number of aromatic amines is 1. The van der Waals surface area contributed by atoms with Crippen LogP contribution in [0.25, 0.3) is 54.9 Å². The van der Waals surface area contributed by atoms with Crippen LogP contribution < -0.4 is 15.9 Å². The highest BCUT2D eigenvalue weighted by atomic mass is 16.5. The SMILES string of the molecule is CN(C)CCn1c(=O)c2c3oc4ccccc4oc3c3[nH]c4ccc(OCc5ccccc5)cc4c3c2c1=O. The Morgan fingerprint density at radius 1 is 0.821 bits per heavy atom. The topological polar surface area (TPSA) is 93.6 Å². The van der Waals surface area contributed by atoms with Crippen molar-refractivity contribution in [2.24, 2.45) is 0 Å². The molecule has 0 saturated carbocycles. The van der Waals surface area contributed by atoms with Crippen molar-refractivity contribution in [3.05, 3.63) is 99.1 Å². The Morgan fingerprint density at radius 3 is 2.26 bits per heavy atom. The van der Waals surface area contributed by atoms with Gasteiger partial charge < -0.3 is 23.5 Å². The van der Waals surface area contributed by atoms with Gasteiger partial charge in [-0.3, -0.25) is 14.2 Å². The molecule has 39 heavy (non-hydrogen) atoms. The number of nitrogens with one attached hydrogen (secondary N) is 1. The number of nitrogens with zero attached hydrogens (tertiary/aromatic N) is 2. The number of hydrogen-bond acceptors (Lipinski definition) is 6. The quantitative estimate of drug-likeness (QED) is 0.286. The van der Waals surface area contributed by atoms with E-state index in [2.05, 4.69) is 4.98 Å². The van der Waals surface area contributed by atoms with Gasteiger partial charge in [0.05, 0.1) is 10.9 Å². The van der Waals surface area contributed by atoms with E-state index in [9.17, 15) is 9.59 Å². The van der Waals surface area contributed by atoms with Crippen molar-refractivity contribution in [3.63, 3.8) is 0 Å². The molecule has 7 rings (SSSR count). The van der Waals surface area contributed by atoms with Gasteiger partial charge in [0.25, 0.3) is 11.1 Å². The van der Waals surface area contributed by atoms with Gasteiger partial charge in [0.1, 0.15) is 17.7 Å². The van der Waals surface area contributed by atoms with Gasteiger partial charge in [-0.05, 0) is 50.0 Å². The van der Waals surface area contributed by atoms with Crippen molar-refractivity contribution >= 4 is 54.9 Å². The van der Waals surface area contributed by atoms with E-state index >= 15 is 0 Å². The molecule has 3 heterocycles.